The van der Waals surface area contributed by atoms with Crippen LogP contribution in [0.3, 0.4) is 0 Å². The van der Waals surface area contributed by atoms with Gasteiger partial charge in [0.1, 0.15) is 0 Å². The molecule has 2 rings (SSSR count). The molecule has 0 radical (unpaired) electrons. The number of aromatic nitrogens is 1. The molecule has 0 spiro atoms. The molecule has 3 atom stereocenters. The number of rotatable bonds is 3. The predicted octanol–water partition coefficient (Wildman–Crippen LogP) is 3.35. The van der Waals surface area contributed by atoms with Crippen LogP contribution in [0.4, 0.5) is 0 Å². The lowest BCUT2D eigenvalue weighted by Crippen LogP contribution is -2.12. The Hall–Kier alpha value is -0.280. The fraction of sp³-hybridized carbons (Fsp3) is 0.727. The molecule has 2 nitrogen and oxygen atoms in total. The van der Waals surface area contributed by atoms with Crippen LogP contribution in [0.25, 0.3) is 0 Å². The second-order valence-electron chi connectivity index (χ2n) is 4.25. The zero-order valence-electron chi connectivity index (χ0n) is 9.07. The van der Waals surface area contributed by atoms with Crippen LogP contribution in [0.2, 0.25) is 0 Å². The summed E-state index contributed by atoms with van der Waals surface area (Å²) in [6.07, 6.45) is 3.50. The van der Waals surface area contributed by atoms with Crippen LogP contribution < -0.4 is 4.74 Å². The summed E-state index contributed by atoms with van der Waals surface area (Å²) < 4.78 is 9.29. The summed E-state index contributed by atoms with van der Waals surface area (Å²) in [4.78, 5) is 1.31. The van der Waals surface area contributed by atoms with Crippen LogP contribution in [0.1, 0.15) is 24.6 Å². The van der Waals surface area contributed by atoms with Crippen molar-refractivity contribution in [1.82, 2.24) is 4.37 Å². The van der Waals surface area contributed by atoms with Crippen molar-refractivity contribution in [2.24, 2.45) is 11.8 Å². The fourth-order valence-corrected chi connectivity index (χ4v) is 3.34. The Morgan fingerprint density at radius 2 is 2.40 bits per heavy atom. The minimum Gasteiger partial charge on any atom is -0.480 e. The van der Waals surface area contributed by atoms with Crippen molar-refractivity contribution >= 4 is 23.1 Å². The maximum absolute atomic E-state index is 6.22. The minimum atomic E-state index is 0.366. The summed E-state index contributed by atoms with van der Waals surface area (Å²) in [6, 6.07) is 2.04. The average Bonchev–Trinajstić information content (AvgIpc) is 2.80. The van der Waals surface area contributed by atoms with Gasteiger partial charge in [-0.25, -0.2) is 0 Å². The molecule has 1 heterocycles. The molecule has 0 aliphatic heterocycles. The zero-order chi connectivity index (χ0) is 10.8. The third kappa shape index (κ3) is 2.45. The molecule has 3 unspecified atom stereocenters. The van der Waals surface area contributed by atoms with Crippen LogP contribution in [-0.2, 0) is 6.42 Å². The third-order valence-corrected chi connectivity index (χ3v) is 4.74. The Labute approximate surface area is 99.8 Å². The van der Waals surface area contributed by atoms with E-state index in [1.54, 1.807) is 18.6 Å². The SMILES string of the molecule is COc1cc(CC2CCC(Cl)C2C)sn1. The summed E-state index contributed by atoms with van der Waals surface area (Å²) in [5, 5.41) is 0.366. The Morgan fingerprint density at radius 1 is 1.60 bits per heavy atom. The van der Waals surface area contributed by atoms with E-state index in [-0.39, 0.29) is 0 Å². The zero-order valence-corrected chi connectivity index (χ0v) is 10.6. The molecule has 1 fully saturated rings. The monoisotopic (exact) mass is 245 g/mol. The largest absolute Gasteiger partial charge is 0.480 e. The van der Waals surface area contributed by atoms with E-state index < -0.39 is 0 Å². The molecule has 1 aliphatic rings. The van der Waals surface area contributed by atoms with Crippen LogP contribution in [0, 0.1) is 11.8 Å². The molecular formula is C11H16ClNOS. The van der Waals surface area contributed by atoms with E-state index in [2.05, 4.69) is 11.3 Å². The molecule has 84 valence electrons. The topological polar surface area (TPSA) is 22.1 Å². The molecular weight excluding hydrogens is 230 g/mol. The van der Waals surface area contributed by atoms with Crippen molar-refractivity contribution in [2.75, 3.05) is 7.11 Å². The van der Waals surface area contributed by atoms with Gasteiger partial charge < -0.3 is 4.74 Å². The summed E-state index contributed by atoms with van der Waals surface area (Å²) in [5.41, 5.74) is 0. The second-order valence-corrected chi connectivity index (χ2v) is 5.70. The smallest absolute Gasteiger partial charge is 0.225 e. The van der Waals surface area contributed by atoms with Gasteiger partial charge in [-0.3, -0.25) is 0 Å². The molecule has 1 aliphatic carbocycles. The van der Waals surface area contributed by atoms with Crippen LogP contribution in [-0.4, -0.2) is 16.9 Å². The maximum atomic E-state index is 6.22. The van der Waals surface area contributed by atoms with Gasteiger partial charge in [0.25, 0.3) is 0 Å². The first-order chi connectivity index (χ1) is 7.20. The van der Waals surface area contributed by atoms with Gasteiger partial charge in [-0.1, -0.05) is 6.92 Å². The molecule has 0 saturated heterocycles. The van der Waals surface area contributed by atoms with Crippen molar-refractivity contribution < 1.29 is 4.74 Å². The van der Waals surface area contributed by atoms with Gasteiger partial charge in [0.15, 0.2) is 0 Å². The van der Waals surface area contributed by atoms with E-state index >= 15 is 0 Å². The quantitative estimate of drug-likeness (QED) is 0.762. The standard InChI is InChI=1S/C11H16ClNOS/c1-7-8(3-4-10(7)12)5-9-6-11(14-2)13-15-9/h6-8,10H,3-5H2,1-2H3. The van der Waals surface area contributed by atoms with Gasteiger partial charge in [0.2, 0.25) is 5.88 Å². The van der Waals surface area contributed by atoms with Crippen LogP contribution in [0.15, 0.2) is 6.07 Å². The number of halogens is 1. The lowest BCUT2D eigenvalue weighted by atomic mass is 9.94. The normalized spacial score (nSPS) is 30.7. The Kier molecular flexibility index (Phi) is 3.52. The van der Waals surface area contributed by atoms with Gasteiger partial charge in [-0.15, -0.1) is 11.6 Å². The minimum absolute atomic E-state index is 0.366. The summed E-state index contributed by atoms with van der Waals surface area (Å²) >= 11 is 7.77. The van der Waals surface area contributed by atoms with E-state index in [9.17, 15) is 0 Å². The van der Waals surface area contributed by atoms with Gasteiger partial charge in [-0.05, 0) is 42.6 Å². The fourth-order valence-electron chi connectivity index (χ4n) is 2.23. The molecule has 0 N–H and O–H groups in total. The Morgan fingerprint density at radius 3 is 2.93 bits per heavy atom. The van der Waals surface area contributed by atoms with Crippen molar-refractivity contribution in [1.29, 1.82) is 0 Å². The van der Waals surface area contributed by atoms with E-state index in [1.807, 2.05) is 6.07 Å². The Balaban J connectivity index is 1.97. The summed E-state index contributed by atoms with van der Waals surface area (Å²) in [6.45, 7) is 2.26. The molecule has 4 heteroatoms. The van der Waals surface area contributed by atoms with Gasteiger partial charge in [0, 0.05) is 16.3 Å². The van der Waals surface area contributed by atoms with Crippen molar-refractivity contribution in [3.63, 3.8) is 0 Å². The van der Waals surface area contributed by atoms with E-state index in [1.165, 1.54) is 11.3 Å². The highest BCUT2D eigenvalue weighted by Crippen LogP contribution is 2.38. The number of methoxy groups -OCH3 is 1. The molecule has 0 aromatic carbocycles. The second kappa shape index (κ2) is 4.71. The Bertz CT molecular complexity index is 328. The first-order valence-electron chi connectivity index (χ1n) is 5.34. The average molecular weight is 246 g/mol. The number of hydrogen-bond acceptors (Lipinski definition) is 3. The number of hydrogen-bond donors (Lipinski definition) is 0. The molecule has 15 heavy (non-hydrogen) atoms. The molecule has 1 aromatic rings. The van der Waals surface area contributed by atoms with Crippen molar-refractivity contribution in [3.05, 3.63) is 10.9 Å². The maximum Gasteiger partial charge on any atom is 0.225 e. The predicted molar refractivity (Wildman–Crippen MR) is 63.9 cm³/mol. The highest BCUT2D eigenvalue weighted by atomic mass is 35.5. The first kappa shape index (κ1) is 11.2. The number of ether oxygens (including phenoxy) is 1. The third-order valence-electron chi connectivity index (χ3n) is 3.34. The lowest BCUT2D eigenvalue weighted by molar-refractivity contribution is 0.400. The summed E-state index contributed by atoms with van der Waals surface area (Å²) in [7, 11) is 1.66. The molecule has 0 bridgehead atoms. The van der Waals surface area contributed by atoms with Gasteiger partial charge in [-0.2, -0.15) is 4.37 Å². The van der Waals surface area contributed by atoms with Crippen LogP contribution in [0.5, 0.6) is 5.88 Å². The van der Waals surface area contributed by atoms with Gasteiger partial charge in [0.05, 0.1) is 7.11 Å². The molecule has 0 amide bonds. The highest BCUT2D eigenvalue weighted by molar-refractivity contribution is 7.05. The number of nitrogens with zero attached hydrogens (tertiary/aromatic N) is 1. The van der Waals surface area contributed by atoms with E-state index in [4.69, 9.17) is 16.3 Å². The first-order valence-corrected chi connectivity index (χ1v) is 6.55. The molecule has 1 aromatic heterocycles. The van der Waals surface area contributed by atoms with E-state index in [0.29, 0.717) is 11.3 Å². The van der Waals surface area contributed by atoms with Crippen molar-refractivity contribution in [3.8, 4) is 5.88 Å². The lowest BCUT2D eigenvalue weighted by Gasteiger charge is -2.15. The van der Waals surface area contributed by atoms with Crippen molar-refractivity contribution in [2.45, 2.75) is 31.6 Å². The van der Waals surface area contributed by atoms with Crippen LogP contribution >= 0.6 is 23.1 Å². The molecule has 1 saturated carbocycles. The van der Waals surface area contributed by atoms with Gasteiger partial charge >= 0.3 is 0 Å². The van der Waals surface area contributed by atoms with E-state index in [0.717, 1.165) is 24.6 Å². The highest BCUT2D eigenvalue weighted by Gasteiger charge is 2.31. The summed E-state index contributed by atoms with van der Waals surface area (Å²) in [5.74, 6) is 2.08. The number of alkyl halides is 1.